The molecule has 1 N–H and O–H groups in total. The van der Waals surface area contributed by atoms with Crippen LogP contribution in [0.15, 0.2) is 29.1 Å². The van der Waals surface area contributed by atoms with Gasteiger partial charge < -0.3 is 9.73 Å². The third-order valence-electron chi connectivity index (χ3n) is 2.57. The highest BCUT2D eigenvalue weighted by molar-refractivity contribution is 5.03. The molecule has 5 nitrogen and oxygen atoms in total. The van der Waals surface area contributed by atoms with Crippen molar-refractivity contribution >= 4 is 0 Å². The normalized spacial score (nSPS) is 12.9. The standard InChI is InChI=1S/C11H16N4O/c1-9(10-4-3-7-16-10)12-6-5-11-13-8-14-15(11)2/h3-4,7-9,12H,5-6H2,1-2H3. The van der Waals surface area contributed by atoms with Crippen LogP contribution in [-0.4, -0.2) is 21.3 Å². The van der Waals surface area contributed by atoms with Crippen molar-refractivity contribution in [2.45, 2.75) is 19.4 Å². The average Bonchev–Trinajstić information content (AvgIpc) is 2.90. The summed E-state index contributed by atoms with van der Waals surface area (Å²) in [6.07, 6.45) is 4.13. The molecule has 2 aromatic heterocycles. The smallest absolute Gasteiger partial charge is 0.138 e. The van der Waals surface area contributed by atoms with Crippen LogP contribution in [0.5, 0.6) is 0 Å². The molecule has 0 amide bonds. The molecule has 0 radical (unpaired) electrons. The van der Waals surface area contributed by atoms with Gasteiger partial charge >= 0.3 is 0 Å². The Morgan fingerprint density at radius 2 is 2.44 bits per heavy atom. The van der Waals surface area contributed by atoms with E-state index in [0.717, 1.165) is 24.6 Å². The molecule has 1 atom stereocenters. The molecule has 0 aliphatic heterocycles. The zero-order valence-corrected chi connectivity index (χ0v) is 9.55. The van der Waals surface area contributed by atoms with Crippen LogP contribution in [0.3, 0.4) is 0 Å². The highest BCUT2D eigenvalue weighted by Gasteiger charge is 2.07. The molecular formula is C11H16N4O. The molecule has 1 unspecified atom stereocenters. The van der Waals surface area contributed by atoms with Gasteiger partial charge in [0.15, 0.2) is 0 Å². The highest BCUT2D eigenvalue weighted by atomic mass is 16.3. The first kappa shape index (κ1) is 10.9. The van der Waals surface area contributed by atoms with E-state index < -0.39 is 0 Å². The van der Waals surface area contributed by atoms with Crippen molar-refractivity contribution in [2.75, 3.05) is 6.54 Å². The van der Waals surface area contributed by atoms with E-state index in [9.17, 15) is 0 Å². The van der Waals surface area contributed by atoms with Crippen molar-refractivity contribution < 1.29 is 4.42 Å². The fraction of sp³-hybridized carbons (Fsp3) is 0.455. The Morgan fingerprint density at radius 1 is 1.56 bits per heavy atom. The fourth-order valence-electron chi connectivity index (χ4n) is 1.59. The van der Waals surface area contributed by atoms with Crippen LogP contribution in [0.2, 0.25) is 0 Å². The molecule has 16 heavy (non-hydrogen) atoms. The quantitative estimate of drug-likeness (QED) is 0.825. The molecule has 5 heteroatoms. The number of rotatable bonds is 5. The van der Waals surface area contributed by atoms with Crippen LogP contribution in [0.25, 0.3) is 0 Å². The Hall–Kier alpha value is -1.62. The number of aryl methyl sites for hydroxylation is 1. The van der Waals surface area contributed by atoms with Gasteiger partial charge in [0.05, 0.1) is 12.3 Å². The number of hydrogen-bond acceptors (Lipinski definition) is 4. The Morgan fingerprint density at radius 3 is 3.06 bits per heavy atom. The van der Waals surface area contributed by atoms with E-state index in [1.54, 1.807) is 17.3 Å². The van der Waals surface area contributed by atoms with Gasteiger partial charge in [-0.05, 0) is 19.1 Å². The van der Waals surface area contributed by atoms with E-state index >= 15 is 0 Å². The lowest BCUT2D eigenvalue weighted by Gasteiger charge is -2.10. The third-order valence-corrected chi connectivity index (χ3v) is 2.57. The van der Waals surface area contributed by atoms with E-state index in [4.69, 9.17) is 4.42 Å². The largest absolute Gasteiger partial charge is 0.468 e. The summed E-state index contributed by atoms with van der Waals surface area (Å²) in [4.78, 5) is 4.16. The van der Waals surface area contributed by atoms with E-state index in [0.29, 0.717) is 0 Å². The summed E-state index contributed by atoms with van der Waals surface area (Å²) in [6.45, 7) is 2.93. The van der Waals surface area contributed by atoms with Crippen LogP contribution in [-0.2, 0) is 13.5 Å². The van der Waals surface area contributed by atoms with Gasteiger partial charge in [0, 0.05) is 20.0 Å². The van der Waals surface area contributed by atoms with Crippen LogP contribution >= 0.6 is 0 Å². The SMILES string of the molecule is CC(NCCc1ncnn1C)c1ccco1. The van der Waals surface area contributed by atoms with E-state index in [-0.39, 0.29) is 6.04 Å². The Labute approximate surface area is 94.5 Å². The maximum atomic E-state index is 5.31. The van der Waals surface area contributed by atoms with Crippen LogP contribution in [0.4, 0.5) is 0 Å². The van der Waals surface area contributed by atoms with Crippen molar-refractivity contribution in [1.29, 1.82) is 0 Å². The van der Waals surface area contributed by atoms with Gasteiger partial charge in [-0.2, -0.15) is 5.10 Å². The lowest BCUT2D eigenvalue weighted by atomic mass is 10.2. The second kappa shape index (κ2) is 4.94. The first-order chi connectivity index (χ1) is 7.77. The molecule has 0 aliphatic carbocycles. The zero-order chi connectivity index (χ0) is 11.4. The highest BCUT2D eigenvalue weighted by Crippen LogP contribution is 2.11. The van der Waals surface area contributed by atoms with Crippen LogP contribution < -0.4 is 5.32 Å². The van der Waals surface area contributed by atoms with Crippen molar-refractivity contribution in [3.8, 4) is 0 Å². The third kappa shape index (κ3) is 2.49. The summed E-state index contributed by atoms with van der Waals surface area (Å²) in [7, 11) is 1.90. The summed E-state index contributed by atoms with van der Waals surface area (Å²) in [5.74, 6) is 1.94. The van der Waals surface area contributed by atoms with E-state index in [1.807, 2.05) is 19.2 Å². The number of nitrogens with zero attached hydrogens (tertiary/aromatic N) is 3. The fourth-order valence-corrected chi connectivity index (χ4v) is 1.59. The summed E-state index contributed by atoms with van der Waals surface area (Å²) >= 11 is 0. The average molecular weight is 220 g/mol. The maximum absolute atomic E-state index is 5.31. The number of nitrogens with one attached hydrogen (secondary N) is 1. The predicted molar refractivity (Wildman–Crippen MR) is 59.8 cm³/mol. The maximum Gasteiger partial charge on any atom is 0.138 e. The van der Waals surface area contributed by atoms with Crippen LogP contribution in [0, 0.1) is 0 Å². The number of furan rings is 1. The lowest BCUT2D eigenvalue weighted by molar-refractivity contribution is 0.430. The Kier molecular flexibility index (Phi) is 3.36. The molecule has 2 rings (SSSR count). The molecular weight excluding hydrogens is 204 g/mol. The van der Waals surface area contributed by atoms with E-state index in [2.05, 4.69) is 22.3 Å². The van der Waals surface area contributed by atoms with Gasteiger partial charge in [0.1, 0.15) is 17.9 Å². The Bertz CT molecular complexity index is 421. The second-order valence-corrected chi connectivity index (χ2v) is 3.74. The van der Waals surface area contributed by atoms with E-state index in [1.165, 1.54) is 0 Å². The van der Waals surface area contributed by atoms with Crippen molar-refractivity contribution in [3.63, 3.8) is 0 Å². The monoisotopic (exact) mass is 220 g/mol. The Balaban J connectivity index is 1.78. The first-order valence-electron chi connectivity index (χ1n) is 5.37. The zero-order valence-electron chi connectivity index (χ0n) is 9.55. The second-order valence-electron chi connectivity index (χ2n) is 3.74. The topological polar surface area (TPSA) is 55.9 Å². The minimum absolute atomic E-state index is 0.225. The molecule has 0 saturated heterocycles. The molecule has 0 aromatic carbocycles. The van der Waals surface area contributed by atoms with Gasteiger partial charge in [-0.15, -0.1) is 0 Å². The van der Waals surface area contributed by atoms with Crippen molar-refractivity contribution in [3.05, 3.63) is 36.3 Å². The van der Waals surface area contributed by atoms with Gasteiger partial charge in [-0.3, -0.25) is 4.68 Å². The lowest BCUT2D eigenvalue weighted by Crippen LogP contribution is -2.22. The summed E-state index contributed by atoms with van der Waals surface area (Å²) < 4.78 is 7.10. The van der Waals surface area contributed by atoms with Crippen molar-refractivity contribution in [1.82, 2.24) is 20.1 Å². The van der Waals surface area contributed by atoms with Gasteiger partial charge in [-0.1, -0.05) is 0 Å². The molecule has 0 aliphatic rings. The molecule has 2 aromatic rings. The summed E-state index contributed by atoms with van der Waals surface area (Å²) in [6, 6.07) is 4.10. The number of aromatic nitrogens is 3. The predicted octanol–water partition coefficient (Wildman–Crippen LogP) is 1.30. The molecule has 0 spiro atoms. The summed E-state index contributed by atoms with van der Waals surface area (Å²) in [5, 5.41) is 7.40. The van der Waals surface area contributed by atoms with Crippen LogP contribution in [0.1, 0.15) is 24.6 Å². The minimum Gasteiger partial charge on any atom is -0.468 e. The molecule has 86 valence electrons. The molecule has 0 fully saturated rings. The molecule has 0 bridgehead atoms. The molecule has 0 saturated carbocycles. The van der Waals surface area contributed by atoms with Gasteiger partial charge in [0.2, 0.25) is 0 Å². The molecule has 2 heterocycles. The first-order valence-corrected chi connectivity index (χ1v) is 5.37. The van der Waals surface area contributed by atoms with Gasteiger partial charge in [-0.25, -0.2) is 4.98 Å². The van der Waals surface area contributed by atoms with Crippen molar-refractivity contribution in [2.24, 2.45) is 7.05 Å². The number of hydrogen-bond donors (Lipinski definition) is 1. The summed E-state index contributed by atoms with van der Waals surface area (Å²) in [5.41, 5.74) is 0. The van der Waals surface area contributed by atoms with Gasteiger partial charge in [0.25, 0.3) is 0 Å². The minimum atomic E-state index is 0.225.